The van der Waals surface area contributed by atoms with Gasteiger partial charge in [0, 0.05) is 12.7 Å². The van der Waals surface area contributed by atoms with Gasteiger partial charge in [0.2, 0.25) is 0 Å². The van der Waals surface area contributed by atoms with Crippen LogP contribution in [0.5, 0.6) is 0 Å². The Kier molecular flexibility index (Phi) is 1.83. The van der Waals surface area contributed by atoms with Crippen LogP contribution in [0.4, 0.5) is 0 Å². The predicted molar refractivity (Wildman–Crippen MR) is 40.9 cm³/mol. The van der Waals surface area contributed by atoms with Gasteiger partial charge in [-0.3, -0.25) is 10.3 Å². The fourth-order valence-electron chi connectivity index (χ4n) is 1.15. The lowest BCUT2D eigenvalue weighted by molar-refractivity contribution is 0.0985. The van der Waals surface area contributed by atoms with Crippen molar-refractivity contribution in [3.8, 4) is 0 Å². The highest BCUT2D eigenvalue weighted by Crippen LogP contribution is 2.13. The second-order valence-electron chi connectivity index (χ2n) is 2.46. The average Bonchev–Trinajstić information content (AvgIpc) is 2.58. The van der Waals surface area contributed by atoms with Crippen LogP contribution >= 0.6 is 0 Å². The van der Waals surface area contributed by atoms with Gasteiger partial charge in [0.05, 0.1) is 12.3 Å². The minimum Gasteiger partial charge on any atom is -0.356 e. The minimum atomic E-state index is 0.0104. The zero-order valence-electron chi connectivity index (χ0n) is 6.16. The molecular formula is C8H10N2O. The van der Waals surface area contributed by atoms with E-state index in [1.165, 1.54) is 0 Å². The van der Waals surface area contributed by atoms with Crippen LogP contribution in [0.2, 0.25) is 0 Å². The number of pyridine rings is 1. The molecule has 1 aliphatic rings. The monoisotopic (exact) mass is 150 g/mol. The molecule has 1 aliphatic heterocycles. The summed E-state index contributed by atoms with van der Waals surface area (Å²) in [6.45, 7) is 1.70. The maximum Gasteiger partial charge on any atom is 0.151 e. The highest BCUT2D eigenvalue weighted by atomic mass is 16.5. The van der Waals surface area contributed by atoms with Gasteiger partial charge in [-0.05, 0) is 12.1 Å². The Morgan fingerprint density at radius 2 is 2.55 bits per heavy atom. The summed E-state index contributed by atoms with van der Waals surface area (Å²) in [5, 5.41) is 3.19. The van der Waals surface area contributed by atoms with Gasteiger partial charge in [0.15, 0.2) is 6.23 Å². The van der Waals surface area contributed by atoms with Crippen molar-refractivity contribution in [2.24, 2.45) is 0 Å². The molecule has 1 atom stereocenters. The Balaban J connectivity index is 2.16. The SMILES string of the molecule is c1ccc([C@@H]2NCCO2)nc1. The van der Waals surface area contributed by atoms with Crippen LogP contribution in [0.1, 0.15) is 11.9 Å². The standard InChI is InChI=1S/C8H10N2O/c1-2-4-9-7(3-1)8-10-5-6-11-8/h1-4,8,10H,5-6H2/t8-/m1/s1. The third kappa shape index (κ3) is 1.39. The highest BCUT2D eigenvalue weighted by molar-refractivity contribution is 5.06. The average molecular weight is 150 g/mol. The summed E-state index contributed by atoms with van der Waals surface area (Å²) in [5.41, 5.74) is 0.963. The smallest absolute Gasteiger partial charge is 0.151 e. The maximum atomic E-state index is 5.37. The van der Waals surface area contributed by atoms with E-state index in [0.717, 1.165) is 18.8 Å². The lowest BCUT2D eigenvalue weighted by Gasteiger charge is -2.07. The van der Waals surface area contributed by atoms with Gasteiger partial charge < -0.3 is 4.74 Å². The molecule has 11 heavy (non-hydrogen) atoms. The molecule has 3 nitrogen and oxygen atoms in total. The first-order valence-electron chi connectivity index (χ1n) is 3.73. The van der Waals surface area contributed by atoms with Crippen molar-refractivity contribution in [2.75, 3.05) is 13.2 Å². The van der Waals surface area contributed by atoms with Crippen LogP contribution in [0.25, 0.3) is 0 Å². The van der Waals surface area contributed by atoms with Crippen molar-refractivity contribution in [2.45, 2.75) is 6.23 Å². The first-order valence-corrected chi connectivity index (χ1v) is 3.73. The quantitative estimate of drug-likeness (QED) is 0.640. The van der Waals surface area contributed by atoms with Crippen molar-refractivity contribution in [3.05, 3.63) is 30.1 Å². The number of rotatable bonds is 1. The summed E-state index contributed by atoms with van der Waals surface area (Å²) in [5.74, 6) is 0. The van der Waals surface area contributed by atoms with Crippen molar-refractivity contribution in [1.29, 1.82) is 0 Å². The van der Waals surface area contributed by atoms with Crippen LogP contribution < -0.4 is 5.32 Å². The highest BCUT2D eigenvalue weighted by Gasteiger charge is 2.16. The number of hydrogen-bond acceptors (Lipinski definition) is 3. The summed E-state index contributed by atoms with van der Waals surface area (Å²) in [6, 6.07) is 5.83. The van der Waals surface area contributed by atoms with Gasteiger partial charge in [0.25, 0.3) is 0 Å². The van der Waals surface area contributed by atoms with Crippen LogP contribution in [-0.2, 0) is 4.74 Å². The minimum absolute atomic E-state index is 0.0104. The van der Waals surface area contributed by atoms with Crippen molar-refractivity contribution < 1.29 is 4.74 Å². The Hall–Kier alpha value is -0.930. The van der Waals surface area contributed by atoms with E-state index in [0.29, 0.717) is 0 Å². The van der Waals surface area contributed by atoms with E-state index in [1.54, 1.807) is 6.20 Å². The molecular weight excluding hydrogens is 140 g/mol. The zero-order chi connectivity index (χ0) is 7.52. The molecule has 2 heterocycles. The van der Waals surface area contributed by atoms with Crippen molar-refractivity contribution >= 4 is 0 Å². The summed E-state index contributed by atoms with van der Waals surface area (Å²) < 4.78 is 5.37. The summed E-state index contributed by atoms with van der Waals surface area (Å²) >= 11 is 0. The molecule has 3 heteroatoms. The number of ether oxygens (including phenoxy) is 1. The topological polar surface area (TPSA) is 34.1 Å². The molecule has 1 saturated heterocycles. The predicted octanol–water partition coefficient (Wildman–Crippen LogP) is 0.700. The Morgan fingerprint density at radius 1 is 1.55 bits per heavy atom. The lowest BCUT2D eigenvalue weighted by Crippen LogP contribution is -2.14. The number of hydrogen-bond donors (Lipinski definition) is 1. The van der Waals surface area contributed by atoms with E-state index in [9.17, 15) is 0 Å². The van der Waals surface area contributed by atoms with Crippen LogP contribution in [0.15, 0.2) is 24.4 Å². The van der Waals surface area contributed by atoms with E-state index in [4.69, 9.17) is 4.74 Å². The first-order chi connectivity index (χ1) is 5.47. The van der Waals surface area contributed by atoms with Crippen LogP contribution in [-0.4, -0.2) is 18.1 Å². The summed E-state index contributed by atoms with van der Waals surface area (Å²) in [4.78, 5) is 4.17. The number of nitrogens with one attached hydrogen (secondary N) is 1. The Labute approximate surface area is 65.4 Å². The number of nitrogens with zero attached hydrogens (tertiary/aromatic N) is 1. The first kappa shape index (κ1) is 6.76. The molecule has 1 fully saturated rings. The Bertz CT molecular complexity index is 219. The lowest BCUT2D eigenvalue weighted by atomic mass is 10.3. The van der Waals surface area contributed by atoms with E-state index >= 15 is 0 Å². The molecule has 0 aromatic carbocycles. The van der Waals surface area contributed by atoms with E-state index in [2.05, 4.69) is 10.3 Å². The third-order valence-electron chi connectivity index (χ3n) is 1.67. The molecule has 1 aromatic rings. The van der Waals surface area contributed by atoms with E-state index in [-0.39, 0.29) is 6.23 Å². The van der Waals surface area contributed by atoms with Gasteiger partial charge in [-0.1, -0.05) is 6.07 Å². The van der Waals surface area contributed by atoms with E-state index < -0.39 is 0 Å². The molecule has 2 rings (SSSR count). The van der Waals surface area contributed by atoms with Gasteiger partial charge in [0.1, 0.15) is 0 Å². The van der Waals surface area contributed by atoms with Gasteiger partial charge in [-0.25, -0.2) is 0 Å². The zero-order valence-corrected chi connectivity index (χ0v) is 6.16. The molecule has 0 radical (unpaired) electrons. The van der Waals surface area contributed by atoms with Crippen LogP contribution in [0.3, 0.4) is 0 Å². The largest absolute Gasteiger partial charge is 0.356 e. The molecule has 0 spiro atoms. The normalized spacial score (nSPS) is 23.8. The molecule has 0 saturated carbocycles. The second-order valence-corrected chi connectivity index (χ2v) is 2.46. The van der Waals surface area contributed by atoms with E-state index in [1.807, 2.05) is 18.2 Å². The molecule has 1 N–H and O–H groups in total. The van der Waals surface area contributed by atoms with Gasteiger partial charge >= 0.3 is 0 Å². The molecule has 0 unspecified atom stereocenters. The third-order valence-corrected chi connectivity index (χ3v) is 1.67. The molecule has 1 aromatic heterocycles. The molecule has 0 bridgehead atoms. The van der Waals surface area contributed by atoms with Crippen LogP contribution in [0, 0.1) is 0 Å². The molecule has 0 amide bonds. The number of aromatic nitrogens is 1. The molecule has 58 valence electrons. The van der Waals surface area contributed by atoms with Gasteiger partial charge in [-0.2, -0.15) is 0 Å². The summed E-state index contributed by atoms with van der Waals surface area (Å²) in [6.07, 6.45) is 1.79. The Morgan fingerprint density at radius 3 is 3.18 bits per heavy atom. The van der Waals surface area contributed by atoms with Crippen molar-refractivity contribution in [3.63, 3.8) is 0 Å². The fraction of sp³-hybridized carbons (Fsp3) is 0.375. The molecule has 0 aliphatic carbocycles. The van der Waals surface area contributed by atoms with Crippen molar-refractivity contribution in [1.82, 2.24) is 10.3 Å². The second kappa shape index (κ2) is 2.98. The summed E-state index contributed by atoms with van der Waals surface area (Å²) in [7, 11) is 0. The maximum absolute atomic E-state index is 5.37. The van der Waals surface area contributed by atoms with Gasteiger partial charge in [-0.15, -0.1) is 0 Å². The fourth-order valence-corrected chi connectivity index (χ4v) is 1.15.